The summed E-state index contributed by atoms with van der Waals surface area (Å²) in [6, 6.07) is 10.1. The number of ether oxygens (including phenoxy) is 1. The Kier molecular flexibility index (Phi) is 5.04. The molecule has 4 aromatic rings. The lowest BCUT2D eigenvalue weighted by Gasteiger charge is -2.13. The second kappa shape index (κ2) is 7.65. The highest BCUT2D eigenvalue weighted by molar-refractivity contribution is 7.17. The number of rotatable bonds is 5. The summed E-state index contributed by atoms with van der Waals surface area (Å²) in [6.07, 6.45) is 1.48. The van der Waals surface area contributed by atoms with E-state index in [4.69, 9.17) is 16.3 Å². The van der Waals surface area contributed by atoms with Gasteiger partial charge in [0.25, 0.3) is 5.69 Å². The summed E-state index contributed by atoms with van der Waals surface area (Å²) in [6.45, 7) is 1.90. The van der Waals surface area contributed by atoms with Crippen LogP contribution >= 0.6 is 22.9 Å². The minimum Gasteiger partial charge on any atom is -0.495 e. The van der Waals surface area contributed by atoms with E-state index in [1.807, 2.05) is 24.4 Å². The lowest BCUT2D eigenvalue weighted by Crippen LogP contribution is -1.99. The van der Waals surface area contributed by atoms with Crippen molar-refractivity contribution < 1.29 is 9.66 Å². The molecule has 146 valence electrons. The summed E-state index contributed by atoms with van der Waals surface area (Å²) < 4.78 is 5.44. The normalized spacial score (nSPS) is 10.9. The van der Waals surface area contributed by atoms with Gasteiger partial charge in [0, 0.05) is 34.2 Å². The largest absolute Gasteiger partial charge is 0.495 e. The van der Waals surface area contributed by atoms with Crippen LogP contribution in [-0.2, 0) is 0 Å². The number of nitrogens with one attached hydrogen (secondary N) is 1. The van der Waals surface area contributed by atoms with E-state index in [1.54, 1.807) is 25.3 Å². The van der Waals surface area contributed by atoms with Crippen LogP contribution in [0.5, 0.6) is 5.75 Å². The fraction of sp³-hybridized carbons (Fsp3) is 0.100. The van der Waals surface area contributed by atoms with Gasteiger partial charge in [0.2, 0.25) is 0 Å². The first-order chi connectivity index (χ1) is 14.0. The molecule has 4 rings (SSSR count). The van der Waals surface area contributed by atoms with Gasteiger partial charge in [0.15, 0.2) is 0 Å². The molecule has 9 heteroatoms. The molecule has 0 saturated carbocycles. The molecule has 0 bridgehead atoms. The van der Waals surface area contributed by atoms with E-state index in [2.05, 4.69) is 15.3 Å². The molecule has 0 fully saturated rings. The van der Waals surface area contributed by atoms with Crippen LogP contribution in [-0.4, -0.2) is 22.0 Å². The highest BCUT2D eigenvalue weighted by Gasteiger charge is 2.17. The fourth-order valence-electron chi connectivity index (χ4n) is 3.03. The summed E-state index contributed by atoms with van der Waals surface area (Å²) in [4.78, 5) is 20.3. The van der Waals surface area contributed by atoms with E-state index < -0.39 is 4.92 Å². The monoisotopic (exact) mass is 426 g/mol. The highest BCUT2D eigenvalue weighted by Crippen LogP contribution is 2.40. The Balaban J connectivity index is 1.86. The molecule has 0 amide bonds. The molecule has 0 saturated heterocycles. The number of hydrogen-bond donors (Lipinski definition) is 1. The Bertz CT molecular complexity index is 1240. The van der Waals surface area contributed by atoms with Crippen LogP contribution in [0.2, 0.25) is 5.02 Å². The predicted octanol–water partition coefficient (Wildman–Crippen LogP) is 5.98. The number of thiophene rings is 1. The van der Waals surface area contributed by atoms with Gasteiger partial charge in [-0.3, -0.25) is 10.1 Å². The second-order valence-electron chi connectivity index (χ2n) is 6.29. The second-order valence-corrected chi connectivity index (χ2v) is 7.55. The van der Waals surface area contributed by atoms with Crippen LogP contribution in [0.3, 0.4) is 0 Å². The Labute approximate surface area is 175 Å². The molecule has 2 aromatic heterocycles. The average molecular weight is 427 g/mol. The quantitative estimate of drug-likeness (QED) is 0.312. The van der Waals surface area contributed by atoms with Gasteiger partial charge >= 0.3 is 0 Å². The number of aromatic nitrogens is 2. The average Bonchev–Trinajstić information content (AvgIpc) is 3.16. The first-order valence-corrected chi connectivity index (χ1v) is 9.82. The van der Waals surface area contributed by atoms with Crippen LogP contribution in [0.15, 0.2) is 48.1 Å². The first kappa shape index (κ1) is 19.1. The summed E-state index contributed by atoms with van der Waals surface area (Å²) in [5.74, 6) is 1.16. The lowest BCUT2D eigenvalue weighted by molar-refractivity contribution is -0.384. The van der Waals surface area contributed by atoms with Gasteiger partial charge in [-0.15, -0.1) is 11.3 Å². The summed E-state index contributed by atoms with van der Waals surface area (Å²) in [5.41, 5.74) is 3.18. The SMILES string of the molecule is COc1cc(Cl)c(C)cc1Nc1ncnc2scc(-c3cccc([N+](=O)[O-])c3)c12. The molecule has 0 aliphatic carbocycles. The molecule has 0 unspecified atom stereocenters. The number of anilines is 2. The Hall–Kier alpha value is -3.23. The highest BCUT2D eigenvalue weighted by atomic mass is 35.5. The van der Waals surface area contributed by atoms with Crippen LogP contribution < -0.4 is 10.1 Å². The number of methoxy groups -OCH3 is 1. The third-order valence-electron chi connectivity index (χ3n) is 4.47. The summed E-state index contributed by atoms with van der Waals surface area (Å²) >= 11 is 7.65. The van der Waals surface area contributed by atoms with Crippen LogP contribution in [0.25, 0.3) is 21.3 Å². The Morgan fingerprint density at radius 2 is 2.07 bits per heavy atom. The van der Waals surface area contributed by atoms with Gasteiger partial charge in [-0.25, -0.2) is 9.97 Å². The van der Waals surface area contributed by atoms with Crippen molar-refractivity contribution in [3.8, 4) is 16.9 Å². The van der Waals surface area contributed by atoms with Crippen molar-refractivity contribution in [2.75, 3.05) is 12.4 Å². The number of non-ortho nitro benzene ring substituents is 1. The van der Waals surface area contributed by atoms with Crippen molar-refractivity contribution in [1.82, 2.24) is 9.97 Å². The lowest BCUT2D eigenvalue weighted by atomic mass is 10.1. The molecule has 2 aromatic carbocycles. The molecule has 7 nitrogen and oxygen atoms in total. The maximum atomic E-state index is 11.2. The number of nitro benzene ring substituents is 1. The van der Waals surface area contributed by atoms with Crippen molar-refractivity contribution in [3.05, 3.63) is 68.8 Å². The van der Waals surface area contributed by atoms with E-state index >= 15 is 0 Å². The number of aryl methyl sites for hydroxylation is 1. The smallest absolute Gasteiger partial charge is 0.270 e. The Morgan fingerprint density at radius 3 is 2.83 bits per heavy atom. The maximum absolute atomic E-state index is 11.2. The molecule has 0 aliphatic rings. The van der Waals surface area contributed by atoms with Crippen molar-refractivity contribution >= 4 is 50.3 Å². The minimum absolute atomic E-state index is 0.0307. The van der Waals surface area contributed by atoms with Crippen LogP contribution in [0.4, 0.5) is 17.2 Å². The molecule has 0 atom stereocenters. The first-order valence-electron chi connectivity index (χ1n) is 8.56. The third-order valence-corrected chi connectivity index (χ3v) is 5.77. The third kappa shape index (κ3) is 3.59. The zero-order valence-electron chi connectivity index (χ0n) is 15.5. The predicted molar refractivity (Wildman–Crippen MR) is 116 cm³/mol. The maximum Gasteiger partial charge on any atom is 0.270 e. The number of fused-ring (bicyclic) bond motifs is 1. The Morgan fingerprint density at radius 1 is 1.24 bits per heavy atom. The zero-order valence-corrected chi connectivity index (χ0v) is 17.0. The van der Waals surface area contributed by atoms with Crippen molar-refractivity contribution in [1.29, 1.82) is 0 Å². The van der Waals surface area contributed by atoms with Gasteiger partial charge in [0.05, 0.1) is 23.1 Å². The molecule has 0 aliphatic heterocycles. The number of benzene rings is 2. The van der Waals surface area contributed by atoms with E-state index in [9.17, 15) is 10.1 Å². The molecule has 2 heterocycles. The van der Waals surface area contributed by atoms with E-state index in [0.717, 1.165) is 26.9 Å². The van der Waals surface area contributed by atoms with E-state index in [0.29, 0.717) is 22.3 Å². The number of hydrogen-bond acceptors (Lipinski definition) is 7. The topological polar surface area (TPSA) is 90.2 Å². The standard InChI is InChI=1S/C20H15ClN4O3S/c1-11-6-16(17(28-2)8-15(11)21)24-19-18-14(9-29-20(18)23-10-22-19)12-4-3-5-13(7-12)25(26)27/h3-10H,1-2H3,(H,22,23,24). The van der Waals surface area contributed by atoms with Crippen LogP contribution in [0, 0.1) is 17.0 Å². The molecular formula is C20H15ClN4O3S. The number of nitrogens with zero attached hydrogens (tertiary/aromatic N) is 3. The fourth-order valence-corrected chi connectivity index (χ4v) is 4.10. The summed E-state index contributed by atoms with van der Waals surface area (Å²) in [7, 11) is 1.57. The van der Waals surface area contributed by atoms with Crippen molar-refractivity contribution in [3.63, 3.8) is 0 Å². The van der Waals surface area contributed by atoms with Gasteiger partial charge in [-0.2, -0.15) is 0 Å². The molecular weight excluding hydrogens is 412 g/mol. The van der Waals surface area contributed by atoms with Gasteiger partial charge < -0.3 is 10.1 Å². The minimum atomic E-state index is -0.408. The van der Waals surface area contributed by atoms with Gasteiger partial charge in [-0.05, 0) is 24.1 Å². The zero-order chi connectivity index (χ0) is 20.5. The molecule has 29 heavy (non-hydrogen) atoms. The van der Waals surface area contributed by atoms with E-state index in [1.165, 1.54) is 23.7 Å². The summed E-state index contributed by atoms with van der Waals surface area (Å²) in [5, 5.41) is 17.8. The van der Waals surface area contributed by atoms with Gasteiger partial charge in [-0.1, -0.05) is 23.7 Å². The van der Waals surface area contributed by atoms with Crippen LogP contribution in [0.1, 0.15) is 5.56 Å². The molecule has 0 spiro atoms. The number of halogens is 1. The molecule has 0 radical (unpaired) electrons. The number of nitro groups is 1. The van der Waals surface area contributed by atoms with E-state index in [-0.39, 0.29) is 5.69 Å². The van der Waals surface area contributed by atoms with Crippen molar-refractivity contribution in [2.45, 2.75) is 6.92 Å². The van der Waals surface area contributed by atoms with Crippen molar-refractivity contribution in [2.24, 2.45) is 0 Å². The molecule has 1 N–H and O–H groups in total. The van der Waals surface area contributed by atoms with Gasteiger partial charge in [0.1, 0.15) is 22.7 Å².